The molecule has 64 valence electrons. The van der Waals surface area contributed by atoms with Gasteiger partial charge in [-0.05, 0) is 31.1 Å². The summed E-state index contributed by atoms with van der Waals surface area (Å²) in [6.45, 7) is 3.21. The van der Waals surface area contributed by atoms with Gasteiger partial charge in [-0.3, -0.25) is 0 Å². The topological polar surface area (TPSA) is 27.8 Å². The third kappa shape index (κ3) is 1.43. The van der Waals surface area contributed by atoms with Crippen LogP contribution in [0.15, 0.2) is 24.4 Å². The maximum Gasteiger partial charge on any atom is 0.0410 e. The second-order valence-corrected chi connectivity index (χ2v) is 3.33. The molecule has 0 spiro atoms. The fourth-order valence-corrected chi connectivity index (χ4v) is 1.62. The van der Waals surface area contributed by atoms with E-state index in [1.165, 1.54) is 11.3 Å². The zero-order valence-corrected chi connectivity index (χ0v) is 7.30. The minimum Gasteiger partial charge on any atom is -0.361 e. The van der Waals surface area contributed by atoms with Crippen molar-refractivity contribution in [1.29, 1.82) is 0 Å². The molecule has 1 unspecified atom stereocenters. The van der Waals surface area contributed by atoms with E-state index in [1.54, 1.807) is 0 Å². The number of hydrogen-bond donors (Lipinski definition) is 2. The second-order valence-electron chi connectivity index (χ2n) is 3.33. The molecular formula is C10H14N2. The van der Waals surface area contributed by atoms with Gasteiger partial charge in [-0.25, -0.2) is 0 Å². The maximum absolute atomic E-state index is 3.38. The van der Waals surface area contributed by atoms with E-state index in [1.807, 2.05) is 12.3 Å². The average molecular weight is 162 g/mol. The van der Waals surface area contributed by atoms with E-state index >= 15 is 0 Å². The molecule has 1 aromatic heterocycles. The highest BCUT2D eigenvalue weighted by Crippen LogP contribution is 2.20. The second kappa shape index (κ2) is 3.15. The predicted octanol–water partition coefficient (Wildman–Crippen LogP) is 1.78. The van der Waals surface area contributed by atoms with Crippen LogP contribution in [0.4, 0.5) is 0 Å². The van der Waals surface area contributed by atoms with Crippen molar-refractivity contribution in [3.8, 4) is 0 Å². The predicted molar refractivity (Wildman–Crippen MR) is 50.9 cm³/mol. The van der Waals surface area contributed by atoms with Crippen molar-refractivity contribution in [1.82, 2.24) is 10.3 Å². The molecule has 2 heteroatoms. The molecule has 2 nitrogen and oxygen atoms in total. The van der Waals surface area contributed by atoms with Gasteiger partial charge in [0, 0.05) is 24.5 Å². The van der Waals surface area contributed by atoms with Gasteiger partial charge in [0.05, 0.1) is 0 Å². The highest BCUT2D eigenvalue weighted by atomic mass is 14.9. The molecule has 1 aliphatic rings. The van der Waals surface area contributed by atoms with Gasteiger partial charge in [-0.15, -0.1) is 0 Å². The van der Waals surface area contributed by atoms with Gasteiger partial charge in [0.1, 0.15) is 0 Å². The lowest BCUT2D eigenvalue weighted by molar-refractivity contribution is 0.578. The Morgan fingerprint density at radius 3 is 3.08 bits per heavy atom. The molecule has 2 N–H and O–H groups in total. The van der Waals surface area contributed by atoms with Gasteiger partial charge in [0.25, 0.3) is 0 Å². The summed E-state index contributed by atoms with van der Waals surface area (Å²) in [4.78, 5) is 3.23. The Hall–Kier alpha value is -1.02. The molecule has 0 fully saturated rings. The molecule has 0 saturated heterocycles. The van der Waals surface area contributed by atoms with Crippen molar-refractivity contribution in [2.75, 3.05) is 6.54 Å². The van der Waals surface area contributed by atoms with Crippen LogP contribution in [-0.2, 0) is 0 Å². The van der Waals surface area contributed by atoms with Gasteiger partial charge in [-0.1, -0.05) is 6.08 Å². The minimum atomic E-state index is 0.605. The van der Waals surface area contributed by atoms with E-state index in [4.69, 9.17) is 0 Å². The molecule has 0 radical (unpaired) electrons. The molecule has 0 bridgehead atoms. The van der Waals surface area contributed by atoms with Crippen LogP contribution in [0.3, 0.4) is 0 Å². The highest BCUT2D eigenvalue weighted by molar-refractivity contribution is 5.64. The van der Waals surface area contributed by atoms with Crippen molar-refractivity contribution < 1.29 is 0 Å². The van der Waals surface area contributed by atoms with Crippen LogP contribution < -0.4 is 5.32 Å². The van der Waals surface area contributed by atoms with Crippen molar-refractivity contribution in [2.45, 2.75) is 19.4 Å². The Morgan fingerprint density at radius 1 is 1.50 bits per heavy atom. The Bertz CT molecular complexity index is 272. The van der Waals surface area contributed by atoms with Crippen molar-refractivity contribution >= 4 is 5.57 Å². The zero-order valence-electron chi connectivity index (χ0n) is 7.30. The largest absolute Gasteiger partial charge is 0.361 e. The van der Waals surface area contributed by atoms with Crippen LogP contribution in [-0.4, -0.2) is 17.6 Å². The Balaban J connectivity index is 2.19. The van der Waals surface area contributed by atoms with Gasteiger partial charge >= 0.3 is 0 Å². The molecule has 1 atom stereocenters. The summed E-state index contributed by atoms with van der Waals surface area (Å²) in [6, 6.07) is 4.78. The molecular weight excluding hydrogens is 148 g/mol. The molecule has 1 aromatic rings. The van der Waals surface area contributed by atoms with E-state index in [0.717, 1.165) is 13.0 Å². The number of nitrogens with one attached hydrogen (secondary N) is 2. The van der Waals surface area contributed by atoms with E-state index in [-0.39, 0.29) is 0 Å². The number of rotatable bonds is 1. The molecule has 12 heavy (non-hydrogen) atoms. The van der Waals surface area contributed by atoms with Crippen LogP contribution in [0.5, 0.6) is 0 Å². The Morgan fingerprint density at radius 2 is 2.42 bits per heavy atom. The summed E-state index contributed by atoms with van der Waals surface area (Å²) in [5.74, 6) is 0. The summed E-state index contributed by atoms with van der Waals surface area (Å²) in [5, 5.41) is 3.38. The van der Waals surface area contributed by atoms with E-state index in [9.17, 15) is 0 Å². The number of hydrogen-bond acceptors (Lipinski definition) is 1. The Kier molecular flexibility index (Phi) is 2.00. The van der Waals surface area contributed by atoms with Gasteiger partial charge in [0.2, 0.25) is 0 Å². The van der Waals surface area contributed by atoms with Gasteiger partial charge in [-0.2, -0.15) is 0 Å². The molecule has 0 saturated carbocycles. The quantitative estimate of drug-likeness (QED) is 0.647. The van der Waals surface area contributed by atoms with Crippen LogP contribution in [0.1, 0.15) is 19.0 Å². The number of aromatic amines is 1. The van der Waals surface area contributed by atoms with Crippen molar-refractivity contribution in [3.63, 3.8) is 0 Å². The SMILES string of the molecule is CC1CC(c2ccc[nH]2)=CCN1. The molecule has 0 amide bonds. The molecule has 2 heterocycles. The lowest BCUT2D eigenvalue weighted by Crippen LogP contribution is -2.29. The summed E-state index contributed by atoms with van der Waals surface area (Å²) in [6.07, 6.45) is 5.36. The van der Waals surface area contributed by atoms with Crippen molar-refractivity contribution in [3.05, 3.63) is 30.1 Å². The normalized spacial score (nSPS) is 23.8. The van der Waals surface area contributed by atoms with E-state index < -0.39 is 0 Å². The highest BCUT2D eigenvalue weighted by Gasteiger charge is 2.11. The summed E-state index contributed by atoms with van der Waals surface area (Å²) in [7, 11) is 0. The van der Waals surface area contributed by atoms with E-state index in [2.05, 4.69) is 29.4 Å². The third-order valence-corrected chi connectivity index (χ3v) is 2.28. The van der Waals surface area contributed by atoms with E-state index in [0.29, 0.717) is 6.04 Å². The van der Waals surface area contributed by atoms with Gasteiger partial charge in [0.15, 0.2) is 0 Å². The third-order valence-electron chi connectivity index (χ3n) is 2.28. The van der Waals surface area contributed by atoms with Crippen LogP contribution in [0.2, 0.25) is 0 Å². The first-order valence-corrected chi connectivity index (χ1v) is 4.42. The Labute approximate surface area is 72.7 Å². The summed E-state index contributed by atoms with van der Waals surface area (Å²) >= 11 is 0. The smallest absolute Gasteiger partial charge is 0.0410 e. The van der Waals surface area contributed by atoms with Crippen LogP contribution >= 0.6 is 0 Å². The molecule has 2 rings (SSSR count). The summed E-state index contributed by atoms with van der Waals surface area (Å²) in [5.41, 5.74) is 2.70. The standard InChI is InChI=1S/C10H14N2/c1-8-7-9(4-6-11-8)10-3-2-5-12-10/h2-5,8,11-12H,6-7H2,1H3. The summed E-state index contributed by atoms with van der Waals surface area (Å²) < 4.78 is 0. The van der Waals surface area contributed by atoms with Crippen LogP contribution in [0, 0.1) is 0 Å². The molecule has 0 aromatic carbocycles. The maximum atomic E-state index is 3.38. The first kappa shape index (κ1) is 7.62. The number of aromatic nitrogens is 1. The zero-order chi connectivity index (χ0) is 8.39. The fourth-order valence-electron chi connectivity index (χ4n) is 1.62. The monoisotopic (exact) mass is 162 g/mol. The first-order chi connectivity index (χ1) is 5.86. The van der Waals surface area contributed by atoms with Gasteiger partial charge < -0.3 is 10.3 Å². The average Bonchev–Trinajstić information content (AvgIpc) is 2.56. The van der Waals surface area contributed by atoms with Crippen molar-refractivity contribution in [2.24, 2.45) is 0 Å². The minimum absolute atomic E-state index is 0.605. The molecule has 0 aliphatic carbocycles. The first-order valence-electron chi connectivity index (χ1n) is 4.42. The molecule has 1 aliphatic heterocycles. The lowest BCUT2D eigenvalue weighted by atomic mass is 10.0. The lowest BCUT2D eigenvalue weighted by Gasteiger charge is -2.19. The number of H-pyrrole nitrogens is 1. The van der Waals surface area contributed by atoms with Crippen LogP contribution in [0.25, 0.3) is 5.57 Å². The fraction of sp³-hybridized carbons (Fsp3) is 0.400.